The number of carbonyl (C=O) groups excluding carboxylic acids is 1. The lowest BCUT2D eigenvalue weighted by Gasteiger charge is -2.37. The van der Waals surface area contributed by atoms with E-state index in [0.717, 1.165) is 12.8 Å². The molecule has 190 valence electrons. The maximum atomic E-state index is 13.3. The van der Waals surface area contributed by atoms with Gasteiger partial charge >= 0.3 is 13.7 Å². The third-order valence-electron chi connectivity index (χ3n) is 6.43. The second-order valence-electron chi connectivity index (χ2n) is 8.69. The van der Waals surface area contributed by atoms with Crippen LogP contribution in [0.5, 0.6) is 0 Å². The van der Waals surface area contributed by atoms with E-state index in [0.29, 0.717) is 11.2 Å². The standard InChI is InChI=1S/C21H29N6O7P/c1-4-13(5-2)8-31-20(29)12(3)26-35(30)32-10-21(9-22)18(34-35)16(28)17(33-21)14-6-7-15-19(23)24-11-25-27(14)15/h6-7,11-13,16-18,28H,4-5,8,10H2,1-3H3,(H,26,30)(H2,23,24,25)/t12-,16-,17-,18-,21+,35?/m0/s1. The number of esters is 1. The third kappa shape index (κ3) is 4.65. The summed E-state index contributed by atoms with van der Waals surface area (Å²) in [7, 11) is -4.10. The molecule has 1 unspecified atom stereocenters. The lowest BCUT2D eigenvalue weighted by Crippen LogP contribution is -2.52. The van der Waals surface area contributed by atoms with Gasteiger partial charge in [0.25, 0.3) is 0 Å². The van der Waals surface area contributed by atoms with E-state index in [2.05, 4.69) is 15.2 Å². The fraction of sp³-hybridized carbons (Fsp3) is 0.619. The first kappa shape index (κ1) is 25.5. The largest absolute Gasteiger partial charge is 0.464 e. The van der Waals surface area contributed by atoms with Gasteiger partial charge in [-0.15, -0.1) is 0 Å². The molecule has 0 aliphatic carbocycles. The fourth-order valence-electron chi connectivity index (χ4n) is 4.18. The van der Waals surface area contributed by atoms with Gasteiger partial charge in [-0.05, 0) is 25.0 Å². The number of nitriles is 1. The van der Waals surface area contributed by atoms with Gasteiger partial charge in [-0.2, -0.15) is 10.4 Å². The molecule has 13 nitrogen and oxygen atoms in total. The topological polar surface area (TPSA) is 183 Å². The second kappa shape index (κ2) is 9.81. The lowest BCUT2D eigenvalue weighted by atomic mass is 9.96. The Labute approximate surface area is 202 Å². The highest BCUT2D eigenvalue weighted by molar-refractivity contribution is 7.51. The number of fused-ring (bicyclic) bond motifs is 2. The maximum Gasteiger partial charge on any atom is 0.406 e. The molecule has 4 rings (SSSR count). The average molecular weight is 508 g/mol. The van der Waals surface area contributed by atoms with Crippen LogP contribution in [0.15, 0.2) is 18.5 Å². The minimum Gasteiger partial charge on any atom is -0.464 e. The van der Waals surface area contributed by atoms with Gasteiger partial charge in [-0.25, -0.2) is 19.2 Å². The van der Waals surface area contributed by atoms with Gasteiger partial charge in [0.05, 0.1) is 12.3 Å². The zero-order valence-corrected chi connectivity index (χ0v) is 20.6. The Morgan fingerprint density at radius 3 is 2.91 bits per heavy atom. The van der Waals surface area contributed by atoms with Crippen molar-refractivity contribution < 1.29 is 33.0 Å². The van der Waals surface area contributed by atoms with Crippen LogP contribution >= 0.6 is 7.75 Å². The van der Waals surface area contributed by atoms with Crippen LogP contribution in [0.1, 0.15) is 45.4 Å². The summed E-state index contributed by atoms with van der Waals surface area (Å²) in [6.45, 7) is 5.27. The van der Waals surface area contributed by atoms with Gasteiger partial charge in [-0.1, -0.05) is 26.7 Å². The lowest BCUT2D eigenvalue weighted by molar-refractivity contribution is -0.147. The summed E-state index contributed by atoms with van der Waals surface area (Å²) >= 11 is 0. The number of aliphatic hydroxyl groups is 1. The van der Waals surface area contributed by atoms with E-state index >= 15 is 0 Å². The predicted molar refractivity (Wildman–Crippen MR) is 122 cm³/mol. The molecule has 4 N–H and O–H groups in total. The first-order valence-corrected chi connectivity index (χ1v) is 12.9. The van der Waals surface area contributed by atoms with Crippen molar-refractivity contribution in [2.75, 3.05) is 18.9 Å². The normalized spacial score (nSPS) is 31.3. The Kier molecular flexibility index (Phi) is 7.15. The van der Waals surface area contributed by atoms with Crippen molar-refractivity contribution in [1.82, 2.24) is 19.7 Å². The van der Waals surface area contributed by atoms with Crippen molar-refractivity contribution in [2.24, 2.45) is 5.92 Å². The Morgan fingerprint density at radius 2 is 2.23 bits per heavy atom. The summed E-state index contributed by atoms with van der Waals surface area (Å²) < 4.78 is 37.0. The minimum absolute atomic E-state index is 0.226. The Bertz CT molecular complexity index is 1180. The third-order valence-corrected chi connectivity index (χ3v) is 8.11. The molecule has 6 atom stereocenters. The van der Waals surface area contributed by atoms with Crippen LogP contribution in [-0.4, -0.2) is 62.7 Å². The molecular formula is C21H29N6O7P. The monoisotopic (exact) mass is 508 g/mol. The molecule has 2 fully saturated rings. The van der Waals surface area contributed by atoms with Crippen LogP contribution in [0.3, 0.4) is 0 Å². The quantitative estimate of drug-likeness (QED) is 0.345. The fourth-order valence-corrected chi connectivity index (χ4v) is 5.91. The summed E-state index contributed by atoms with van der Waals surface area (Å²) in [6, 6.07) is 4.25. The van der Waals surface area contributed by atoms with Crippen molar-refractivity contribution in [3.05, 3.63) is 24.2 Å². The first-order chi connectivity index (χ1) is 16.7. The van der Waals surface area contributed by atoms with Crippen LogP contribution < -0.4 is 10.8 Å². The number of carbonyl (C=O) groups is 1. The molecule has 2 saturated heterocycles. The van der Waals surface area contributed by atoms with Crippen LogP contribution in [0.25, 0.3) is 5.52 Å². The molecule has 0 bridgehead atoms. The molecule has 2 aliphatic rings. The molecule has 2 aliphatic heterocycles. The van der Waals surface area contributed by atoms with Crippen LogP contribution in [0.4, 0.5) is 5.82 Å². The summed E-state index contributed by atoms with van der Waals surface area (Å²) in [6.07, 6.45) is -0.816. The van der Waals surface area contributed by atoms with E-state index in [1.54, 1.807) is 12.1 Å². The van der Waals surface area contributed by atoms with E-state index in [-0.39, 0.29) is 18.3 Å². The van der Waals surface area contributed by atoms with E-state index in [9.17, 15) is 19.7 Å². The van der Waals surface area contributed by atoms with Crippen LogP contribution in [0, 0.1) is 17.2 Å². The number of ether oxygens (including phenoxy) is 2. The summed E-state index contributed by atoms with van der Waals surface area (Å²) in [5, 5.41) is 27.6. The molecule has 14 heteroatoms. The van der Waals surface area contributed by atoms with Crippen molar-refractivity contribution in [3.63, 3.8) is 0 Å². The number of aliphatic hydroxyl groups excluding tert-OH is 1. The molecule has 4 heterocycles. The number of nitrogens with one attached hydrogen (secondary N) is 1. The van der Waals surface area contributed by atoms with Gasteiger partial charge in [0.2, 0.25) is 5.60 Å². The second-order valence-corrected chi connectivity index (χ2v) is 10.4. The average Bonchev–Trinajstić information content (AvgIpc) is 3.39. The number of nitrogen functional groups attached to an aromatic ring is 1. The number of rotatable bonds is 8. The SMILES string of the molecule is CCC(CC)COC(=O)[C@H](C)NP1(=O)OC[C@@]2(C#N)O[C@@H](c3ccc4c(N)ncnn34)[C@H](O)[C@@H]2O1. The Morgan fingerprint density at radius 1 is 1.49 bits per heavy atom. The number of anilines is 1. The van der Waals surface area contributed by atoms with Gasteiger partial charge in [-0.3, -0.25) is 13.8 Å². The van der Waals surface area contributed by atoms with Gasteiger partial charge < -0.3 is 20.3 Å². The molecule has 0 aromatic carbocycles. The van der Waals surface area contributed by atoms with Crippen molar-refractivity contribution in [1.29, 1.82) is 5.26 Å². The first-order valence-electron chi connectivity index (χ1n) is 11.4. The molecule has 0 saturated carbocycles. The number of nitrogens with two attached hydrogens (primary N) is 1. The molecule has 0 amide bonds. The molecule has 0 spiro atoms. The van der Waals surface area contributed by atoms with Gasteiger partial charge in [0.1, 0.15) is 48.9 Å². The predicted octanol–water partition coefficient (Wildman–Crippen LogP) is 1.49. The van der Waals surface area contributed by atoms with Gasteiger partial charge in [0, 0.05) is 0 Å². The minimum atomic E-state index is -4.10. The summed E-state index contributed by atoms with van der Waals surface area (Å²) in [4.78, 5) is 16.3. The zero-order valence-electron chi connectivity index (χ0n) is 19.7. The molecule has 2 aromatic rings. The molecule has 35 heavy (non-hydrogen) atoms. The Hall–Kier alpha value is -2.59. The van der Waals surface area contributed by atoms with E-state index in [1.165, 1.54) is 17.8 Å². The summed E-state index contributed by atoms with van der Waals surface area (Å²) in [5.74, 6) is -0.159. The smallest absolute Gasteiger partial charge is 0.406 e. The van der Waals surface area contributed by atoms with Crippen molar-refractivity contribution in [2.45, 2.75) is 63.6 Å². The van der Waals surface area contributed by atoms with E-state index < -0.39 is 50.3 Å². The molecular weight excluding hydrogens is 479 g/mol. The summed E-state index contributed by atoms with van der Waals surface area (Å²) in [5.41, 5.74) is 5.03. The van der Waals surface area contributed by atoms with Crippen molar-refractivity contribution >= 4 is 25.1 Å². The highest BCUT2D eigenvalue weighted by Crippen LogP contribution is 2.57. The zero-order chi connectivity index (χ0) is 25.4. The van der Waals surface area contributed by atoms with E-state index in [1.807, 2.05) is 19.9 Å². The molecule has 0 radical (unpaired) electrons. The Balaban J connectivity index is 1.50. The highest BCUT2D eigenvalue weighted by atomic mass is 31.2. The number of hydrogen-bond acceptors (Lipinski definition) is 11. The van der Waals surface area contributed by atoms with E-state index in [4.69, 9.17) is 24.3 Å². The van der Waals surface area contributed by atoms with Crippen LogP contribution in [0.2, 0.25) is 0 Å². The maximum absolute atomic E-state index is 13.3. The van der Waals surface area contributed by atoms with Crippen LogP contribution in [-0.2, 0) is 27.9 Å². The molecule has 2 aromatic heterocycles. The number of hydrogen-bond donors (Lipinski definition) is 3. The van der Waals surface area contributed by atoms with Crippen molar-refractivity contribution in [3.8, 4) is 6.07 Å². The van der Waals surface area contributed by atoms with Gasteiger partial charge in [0.15, 0.2) is 5.82 Å². The number of aromatic nitrogens is 3. The highest BCUT2D eigenvalue weighted by Gasteiger charge is 2.63. The number of nitrogens with zero attached hydrogens (tertiary/aromatic N) is 4.